The number of rotatable bonds is 11. The van der Waals surface area contributed by atoms with Crippen LogP contribution in [0.3, 0.4) is 0 Å². The molecule has 5 aliphatic rings. The number of hydrogen-bond donors (Lipinski definition) is 4. The standard InChI is InChI=1S/C10H18O3.C10H20O3.2C9H18O3/c1-6(2)13-9-4-3-7-8(11)5-12-10(7)9;1-4-10-9(11)5-8(6-12-10)13-7(2)3;2*1-4-7-9(10)8(5-11-7)12-6(2)3/h6-11H,3-5H2,1-2H3;7-11H,4-6H2,1-3H3;2*6-10H,4-5H2,1-3H3/t7-,8-,9-,10+;8-,9+,10-;2*7-,8+,9-/m1110/s1. The first-order valence-electron chi connectivity index (χ1n) is 19.4. The van der Waals surface area contributed by atoms with Crippen molar-refractivity contribution >= 4 is 0 Å². The van der Waals surface area contributed by atoms with Crippen molar-refractivity contribution in [2.24, 2.45) is 5.92 Å². The van der Waals surface area contributed by atoms with Crippen molar-refractivity contribution in [1.82, 2.24) is 0 Å². The Balaban J connectivity index is 0.000000231. The predicted molar refractivity (Wildman–Crippen MR) is 191 cm³/mol. The third-order valence-corrected chi connectivity index (χ3v) is 9.44. The highest BCUT2D eigenvalue weighted by molar-refractivity contribution is 4.95. The molecule has 0 bridgehead atoms. The Morgan fingerprint density at radius 3 is 1.34 bits per heavy atom. The van der Waals surface area contributed by atoms with Gasteiger partial charge in [-0.3, -0.25) is 0 Å². The van der Waals surface area contributed by atoms with Gasteiger partial charge in [0.1, 0.15) is 24.4 Å². The maximum atomic E-state index is 9.65. The summed E-state index contributed by atoms with van der Waals surface area (Å²) < 4.78 is 44.0. The third-order valence-electron chi connectivity index (χ3n) is 9.44. The Morgan fingerprint density at radius 2 is 0.940 bits per heavy atom. The van der Waals surface area contributed by atoms with E-state index in [1.165, 1.54) is 0 Å². The second-order valence-electron chi connectivity index (χ2n) is 15.2. The number of fused-ring (bicyclic) bond motifs is 1. The Morgan fingerprint density at radius 1 is 0.500 bits per heavy atom. The average Bonchev–Trinajstić information content (AvgIpc) is 3.80. The van der Waals surface area contributed by atoms with Gasteiger partial charge in [-0.1, -0.05) is 20.8 Å². The van der Waals surface area contributed by atoms with Crippen LogP contribution in [0, 0.1) is 5.92 Å². The van der Waals surface area contributed by atoms with E-state index in [0.717, 1.165) is 32.1 Å². The third kappa shape index (κ3) is 15.1. The smallest absolute Gasteiger partial charge is 0.110 e. The zero-order valence-corrected chi connectivity index (χ0v) is 32.9. The van der Waals surface area contributed by atoms with Gasteiger partial charge in [0.25, 0.3) is 0 Å². The highest BCUT2D eigenvalue weighted by atomic mass is 16.6. The highest BCUT2D eigenvalue weighted by Crippen LogP contribution is 2.38. The van der Waals surface area contributed by atoms with Crippen molar-refractivity contribution in [1.29, 1.82) is 0 Å². The van der Waals surface area contributed by atoms with Crippen LogP contribution in [0.1, 0.15) is 115 Å². The van der Waals surface area contributed by atoms with Gasteiger partial charge in [-0.15, -0.1) is 0 Å². The van der Waals surface area contributed by atoms with E-state index in [-0.39, 0.29) is 85.5 Å². The SMILES string of the molecule is CC(C)O[C@@H]1CC[C@H]2[C@@H]1OC[C@H]2O.CC[C@@H]1OC[C@@H](OC(C)C)[C@H]1O.CC[C@H]1OC[C@H](OC(C)C)C[C@@H]1O.CC[C@H]1OC[C@H](OC(C)C)[C@@H]1O. The van der Waals surface area contributed by atoms with Crippen molar-refractivity contribution < 1.29 is 58.3 Å². The van der Waals surface area contributed by atoms with Gasteiger partial charge in [0.2, 0.25) is 0 Å². The number of aliphatic hydroxyl groups excluding tert-OH is 4. The lowest BCUT2D eigenvalue weighted by Gasteiger charge is -2.33. The van der Waals surface area contributed by atoms with E-state index in [2.05, 4.69) is 0 Å². The van der Waals surface area contributed by atoms with Crippen LogP contribution in [0.25, 0.3) is 0 Å². The van der Waals surface area contributed by atoms with Crippen molar-refractivity contribution in [3.8, 4) is 0 Å². The molecule has 0 amide bonds. The second kappa shape index (κ2) is 23.3. The molecule has 4 saturated heterocycles. The average molecular weight is 723 g/mol. The molecule has 1 saturated carbocycles. The molecule has 0 radical (unpaired) electrons. The molecule has 12 nitrogen and oxygen atoms in total. The summed E-state index contributed by atoms with van der Waals surface area (Å²) in [5, 5.41) is 38.5. The zero-order chi connectivity index (χ0) is 37.5. The lowest BCUT2D eigenvalue weighted by Crippen LogP contribution is -2.42. The van der Waals surface area contributed by atoms with E-state index in [4.69, 9.17) is 37.9 Å². The molecule has 0 unspecified atom stereocenters. The molecule has 0 aromatic rings. The van der Waals surface area contributed by atoms with Crippen LogP contribution in [0.15, 0.2) is 0 Å². The first-order chi connectivity index (χ1) is 23.6. The summed E-state index contributed by atoms with van der Waals surface area (Å²) in [5.74, 6) is 0.323. The first-order valence-corrected chi connectivity index (χ1v) is 19.4. The zero-order valence-electron chi connectivity index (χ0n) is 32.9. The van der Waals surface area contributed by atoms with Gasteiger partial charge in [-0.05, 0) is 87.5 Å². The lowest BCUT2D eigenvalue weighted by atomic mass is 10.0. The summed E-state index contributed by atoms with van der Waals surface area (Å²) in [4.78, 5) is 0. The fourth-order valence-electron chi connectivity index (χ4n) is 7.10. The molecule has 5 rings (SSSR count). The summed E-state index contributed by atoms with van der Waals surface area (Å²) in [6.07, 6.45) is 4.72. The minimum Gasteiger partial charge on any atom is -0.390 e. The molecule has 0 aromatic carbocycles. The Bertz CT molecular complexity index is 843. The second-order valence-corrected chi connectivity index (χ2v) is 15.2. The van der Waals surface area contributed by atoms with E-state index in [1.807, 2.05) is 76.2 Å². The van der Waals surface area contributed by atoms with Crippen LogP contribution in [-0.4, -0.2) is 145 Å². The molecule has 50 heavy (non-hydrogen) atoms. The van der Waals surface area contributed by atoms with Crippen LogP contribution in [-0.2, 0) is 37.9 Å². The van der Waals surface area contributed by atoms with Crippen LogP contribution in [0.2, 0.25) is 0 Å². The summed E-state index contributed by atoms with van der Waals surface area (Å²) in [6, 6.07) is 0. The summed E-state index contributed by atoms with van der Waals surface area (Å²) >= 11 is 0. The van der Waals surface area contributed by atoms with Crippen molar-refractivity contribution in [2.45, 2.75) is 212 Å². The largest absolute Gasteiger partial charge is 0.390 e. The van der Waals surface area contributed by atoms with Crippen LogP contribution < -0.4 is 0 Å². The lowest BCUT2D eigenvalue weighted by molar-refractivity contribution is -0.151. The predicted octanol–water partition coefficient (Wildman–Crippen LogP) is 4.19. The Labute approximate surface area is 302 Å². The molecule has 0 spiro atoms. The molecular weight excluding hydrogens is 648 g/mol. The van der Waals surface area contributed by atoms with Gasteiger partial charge < -0.3 is 58.3 Å². The van der Waals surface area contributed by atoms with E-state index in [0.29, 0.717) is 38.8 Å². The topological polar surface area (TPSA) is 155 Å². The van der Waals surface area contributed by atoms with E-state index < -0.39 is 12.2 Å². The molecule has 4 N–H and O–H groups in total. The van der Waals surface area contributed by atoms with Gasteiger partial charge in [0.05, 0.1) is 99.7 Å². The number of aliphatic hydroxyl groups is 4. The van der Waals surface area contributed by atoms with Crippen LogP contribution in [0.4, 0.5) is 0 Å². The van der Waals surface area contributed by atoms with E-state index in [1.54, 1.807) is 0 Å². The van der Waals surface area contributed by atoms with E-state index >= 15 is 0 Å². The highest BCUT2D eigenvalue weighted by Gasteiger charge is 2.46. The minimum absolute atomic E-state index is 0.00649. The molecule has 4 heterocycles. The summed E-state index contributed by atoms with van der Waals surface area (Å²) in [7, 11) is 0. The molecule has 4 aliphatic heterocycles. The van der Waals surface area contributed by atoms with Gasteiger partial charge in [-0.2, -0.15) is 0 Å². The maximum Gasteiger partial charge on any atom is 0.110 e. The number of ether oxygens (including phenoxy) is 8. The first kappa shape index (κ1) is 45.7. The van der Waals surface area contributed by atoms with Crippen molar-refractivity contribution in [3.05, 3.63) is 0 Å². The van der Waals surface area contributed by atoms with Gasteiger partial charge >= 0.3 is 0 Å². The van der Waals surface area contributed by atoms with Crippen LogP contribution >= 0.6 is 0 Å². The number of hydrogen-bond acceptors (Lipinski definition) is 12. The molecule has 0 aromatic heterocycles. The van der Waals surface area contributed by atoms with Gasteiger partial charge in [0, 0.05) is 12.3 Å². The van der Waals surface area contributed by atoms with E-state index in [9.17, 15) is 20.4 Å². The van der Waals surface area contributed by atoms with Crippen LogP contribution in [0.5, 0.6) is 0 Å². The summed E-state index contributed by atoms with van der Waals surface area (Å²) in [6.45, 7) is 24.1. The van der Waals surface area contributed by atoms with Gasteiger partial charge in [-0.25, -0.2) is 0 Å². The maximum absolute atomic E-state index is 9.65. The Kier molecular flexibility index (Phi) is 21.3. The minimum atomic E-state index is -0.447. The Hall–Kier alpha value is -0.480. The fourth-order valence-corrected chi connectivity index (χ4v) is 7.10. The van der Waals surface area contributed by atoms with Crippen molar-refractivity contribution in [3.63, 3.8) is 0 Å². The molecular formula is C38H74O12. The van der Waals surface area contributed by atoms with Crippen molar-refractivity contribution in [2.75, 3.05) is 26.4 Å². The molecule has 12 heteroatoms. The molecule has 5 fully saturated rings. The monoisotopic (exact) mass is 723 g/mol. The quantitative estimate of drug-likeness (QED) is 0.242. The summed E-state index contributed by atoms with van der Waals surface area (Å²) in [5.41, 5.74) is 0. The normalized spacial score (nSPS) is 38.1. The molecule has 13 atom stereocenters. The molecule has 298 valence electrons. The fraction of sp³-hybridized carbons (Fsp3) is 1.00. The van der Waals surface area contributed by atoms with Gasteiger partial charge in [0.15, 0.2) is 0 Å². The molecule has 1 aliphatic carbocycles.